The Bertz CT molecular complexity index is 1010. The highest BCUT2D eigenvalue weighted by atomic mass is 16.5. The van der Waals surface area contributed by atoms with Crippen molar-refractivity contribution >= 4 is 16.6 Å². The maximum atomic E-state index is 11.7. The first-order valence-electron chi connectivity index (χ1n) is 8.92. The standard InChI is InChI=1S/C19H22N6O2/c1-23-15(5-6-20-19(23)26)12-24-7-9-25(10-8-24)14-3-4-17-16(11-14)18(27-2)22-13-21-17/h3-6,11,13H,7-10,12H2,1-2H3. The second-order valence-electron chi connectivity index (χ2n) is 6.63. The highest BCUT2D eigenvalue weighted by molar-refractivity contribution is 5.86. The summed E-state index contributed by atoms with van der Waals surface area (Å²) in [7, 11) is 3.39. The normalized spacial score (nSPS) is 15.3. The van der Waals surface area contributed by atoms with Crippen molar-refractivity contribution in [3.8, 4) is 5.88 Å². The third-order valence-corrected chi connectivity index (χ3v) is 5.07. The zero-order valence-electron chi connectivity index (χ0n) is 15.5. The fourth-order valence-electron chi connectivity index (χ4n) is 3.44. The van der Waals surface area contributed by atoms with Crippen LogP contribution in [0.3, 0.4) is 0 Å². The summed E-state index contributed by atoms with van der Waals surface area (Å²) in [6.07, 6.45) is 3.10. The molecule has 8 nitrogen and oxygen atoms in total. The Kier molecular flexibility index (Phi) is 4.72. The molecule has 3 aromatic rings. The molecule has 2 aromatic heterocycles. The zero-order valence-corrected chi connectivity index (χ0v) is 15.5. The van der Waals surface area contributed by atoms with Gasteiger partial charge in [-0.3, -0.25) is 9.47 Å². The van der Waals surface area contributed by atoms with Crippen molar-refractivity contribution in [1.82, 2.24) is 24.4 Å². The zero-order chi connectivity index (χ0) is 18.8. The fourth-order valence-corrected chi connectivity index (χ4v) is 3.44. The Labute approximate surface area is 157 Å². The van der Waals surface area contributed by atoms with Crippen LogP contribution < -0.4 is 15.3 Å². The van der Waals surface area contributed by atoms with Crippen LogP contribution in [0.4, 0.5) is 5.69 Å². The highest BCUT2D eigenvalue weighted by Gasteiger charge is 2.19. The first-order chi connectivity index (χ1) is 13.2. The van der Waals surface area contributed by atoms with Gasteiger partial charge in [0.2, 0.25) is 5.88 Å². The average Bonchev–Trinajstić information content (AvgIpc) is 2.71. The number of anilines is 1. The highest BCUT2D eigenvalue weighted by Crippen LogP contribution is 2.27. The number of aromatic nitrogens is 4. The molecule has 0 unspecified atom stereocenters. The van der Waals surface area contributed by atoms with Gasteiger partial charge in [0.15, 0.2) is 0 Å². The van der Waals surface area contributed by atoms with E-state index in [1.165, 1.54) is 6.33 Å². The maximum Gasteiger partial charge on any atom is 0.347 e. The summed E-state index contributed by atoms with van der Waals surface area (Å²) < 4.78 is 6.98. The van der Waals surface area contributed by atoms with Crippen molar-refractivity contribution < 1.29 is 4.74 Å². The van der Waals surface area contributed by atoms with Crippen molar-refractivity contribution in [3.05, 3.63) is 53.0 Å². The molecule has 3 heterocycles. The fraction of sp³-hybridized carbons (Fsp3) is 0.368. The van der Waals surface area contributed by atoms with Crippen molar-refractivity contribution in [2.75, 3.05) is 38.2 Å². The van der Waals surface area contributed by atoms with Crippen molar-refractivity contribution in [2.45, 2.75) is 6.54 Å². The Balaban J connectivity index is 1.47. The molecule has 0 atom stereocenters. The van der Waals surface area contributed by atoms with E-state index in [1.54, 1.807) is 24.9 Å². The van der Waals surface area contributed by atoms with Gasteiger partial charge in [0.05, 0.1) is 18.0 Å². The van der Waals surface area contributed by atoms with E-state index < -0.39 is 0 Å². The number of hydrogen-bond acceptors (Lipinski definition) is 7. The lowest BCUT2D eigenvalue weighted by molar-refractivity contribution is 0.243. The summed E-state index contributed by atoms with van der Waals surface area (Å²) in [5.74, 6) is 0.596. The molecule has 4 rings (SSSR count). The molecule has 0 spiro atoms. The van der Waals surface area contributed by atoms with Gasteiger partial charge in [-0.05, 0) is 24.3 Å². The molecule has 0 bridgehead atoms. The van der Waals surface area contributed by atoms with Crippen LogP contribution in [0.5, 0.6) is 5.88 Å². The number of hydrogen-bond donors (Lipinski definition) is 0. The van der Waals surface area contributed by atoms with Crippen LogP contribution in [0.15, 0.2) is 41.6 Å². The number of piperazine rings is 1. The summed E-state index contributed by atoms with van der Waals surface area (Å²) in [6.45, 7) is 4.44. The molecule has 1 aromatic carbocycles. The monoisotopic (exact) mass is 366 g/mol. The molecule has 0 saturated carbocycles. The molecular weight excluding hydrogens is 344 g/mol. The third-order valence-electron chi connectivity index (χ3n) is 5.07. The van der Waals surface area contributed by atoms with E-state index in [-0.39, 0.29) is 5.69 Å². The quantitative estimate of drug-likeness (QED) is 0.683. The number of rotatable bonds is 4. The lowest BCUT2D eigenvalue weighted by Crippen LogP contribution is -2.46. The number of fused-ring (bicyclic) bond motifs is 1. The molecular formula is C19H22N6O2. The first-order valence-corrected chi connectivity index (χ1v) is 8.92. The summed E-state index contributed by atoms with van der Waals surface area (Å²) in [5, 5.41) is 0.923. The van der Waals surface area contributed by atoms with Crippen molar-refractivity contribution in [2.24, 2.45) is 7.05 Å². The van der Waals surface area contributed by atoms with E-state index in [9.17, 15) is 4.79 Å². The number of methoxy groups -OCH3 is 1. The molecule has 0 aliphatic carbocycles. The van der Waals surface area contributed by atoms with E-state index in [1.807, 2.05) is 12.1 Å². The smallest absolute Gasteiger partial charge is 0.347 e. The Morgan fingerprint density at radius 1 is 1.07 bits per heavy atom. The minimum atomic E-state index is -0.210. The van der Waals surface area contributed by atoms with E-state index >= 15 is 0 Å². The molecule has 1 aliphatic heterocycles. The summed E-state index contributed by atoms with van der Waals surface area (Å²) in [5.41, 5.74) is 2.80. The van der Waals surface area contributed by atoms with Gasteiger partial charge < -0.3 is 9.64 Å². The molecule has 1 fully saturated rings. The number of nitrogens with zero attached hydrogens (tertiary/aromatic N) is 6. The molecule has 0 N–H and O–H groups in total. The largest absolute Gasteiger partial charge is 0.480 e. The van der Waals surface area contributed by atoms with Crippen LogP contribution in [0, 0.1) is 0 Å². The minimum Gasteiger partial charge on any atom is -0.480 e. The Morgan fingerprint density at radius 2 is 1.89 bits per heavy atom. The first kappa shape index (κ1) is 17.4. The van der Waals surface area contributed by atoms with Gasteiger partial charge in [-0.1, -0.05) is 0 Å². The minimum absolute atomic E-state index is 0.210. The van der Waals surface area contributed by atoms with Gasteiger partial charge >= 0.3 is 5.69 Å². The molecule has 0 amide bonds. The topological polar surface area (TPSA) is 76.4 Å². The van der Waals surface area contributed by atoms with Crippen LogP contribution in [-0.2, 0) is 13.6 Å². The van der Waals surface area contributed by atoms with E-state index in [2.05, 4.69) is 36.9 Å². The van der Waals surface area contributed by atoms with Crippen LogP contribution >= 0.6 is 0 Å². The van der Waals surface area contributed by atoms with Crippen molar-refractivity contribution in [3.63, 3.8) is 0 Å². The lowest BCUT2D eigenvalue weighted by atomic mass is 10.2. The van der Waals surface area contributed by atoms with Crippen LogP contribution in [0.2, 0.25) is 0 Å². The van der Waals surface area contributed by atoms with E-state index in [0.29, 0.717) is 5.88 Å². The number of ether oxygens (including phenoxy) is 1. The van der Waals surface area contributed by atoms with Gasteiger partial charge in [-0.15, -0.1) is 0 Å². The molecule has 1 saturated heterocycles. The summed E-state index contributed by atoms with van der Waals surface area (Å²) >= 11 is 0. The predicted octanol–water partition coefficient (Wildman–Crippen LogP) is 1.05. The third kappa shape index (κ3) is 3.48. The van der Waals surface area contributed by atoms with Crippen molar-refractivity contribution in [1.29, 1.82) is 0 Å². The predicted molar refractivity (Wildman–Crippen MR) is 103 cm³/mol. The average molecular weight is 366 g/mol. The van der Waals surface area contributed by atoms with Gasteiger partial charge in [0.1, 0.15) is 6.33 Å². The molecule has 1 aliphatic rings. The Morgan fingerprint density at radius 3 is 2.67 bits per heavy atom. The molecule has 27 heavy (non-hydrogen) atoms. The SMILES string of the molecule is COc1ncnc2ccc(N3CCN(Cc4ccnc(=O)n4C)CC3)cc12. The Hall–Kier alpha value is -3.00. The van der Waals surface area contributed by atoms with Crippen LogP contribution in [0.1, 0.15) is 5.69 Å². The van der Waals surface area contributed by atoms with Crippen LogP contribution in [-0.4, -0.2) is 57.7 Å². The summed E-state index contributed by atoms with van der Waals surface area (Å²) in [6, 6.07) is 8.10. The maximum absolute atomic E-state index is 11.7. The second-order valence-corrected chi connectivity index (χ2v) is 6.63. The molecule has 0 radical (unpaired) electrons. The van der Waals surface area contributed by atoms with Gasteiger partial charge in [0, 0.05) is 57.3 Å². The number of benzene rings is 1. The van der Waals surface area contributed by atoms with Gasteiger partial charge in [0.25, 0.3) is 0 Å². The molecule has 8 heteroatoms. The molecule has 140 valence electrons. The lowest BCUT2D eigenvalue weighted by Gasteiger charge is -2.36. The summed E-state index contributed by atoms with van der Waals surface area (Å²) in [4.78, 5) is 28.7. The van der Waals surface area contributed by atoms with Gasteiger partial charge in [-0.25, -0.2) is 19.7 Å². The van der Waals surface area contributed by atoms with E-state index in [4.69, 9.17) is 4.74 Å². The van der Waals surface area contributed by atoms with Crippen LogP contribution in [0.25, 0.3) is 10.9 Å². The van der Waals surface area contributed by atoms with Gasteiger partial charge in [-0.2, -0.15) is 0 Å². The second kappa shape index (κ2) is 7.32. The van der Waals surface area contributed by atoms with E-state index in [0.717, 1.165) is 55.0 Å².